The fourth-order valence-electron chi connectivity index (χ4n) is 1.78. The Bertz CT molecular complexity index is 429. The molecule has 0 N–H and O–H groups in total. The van der Waals surface area contributed by atoms with Crippen molar-refractivity contribution in [2.24, 2.45) is 0 Å². The first kappa shape index (κ1) is 9.13. The van der Waals surface area contributed by atoms with Gasteiger partial charge >= 0.3 is 0 Å². The number of hydrogen-bond acceptors (Lipinski definition) is 2. The Morgan fingerprint density at radius 2 is 2.14 bits per heavy atom. The summed E-state index contributed by atoms with van der Waals surface area (Å²) in [7, 11) is 1.71. The fourth-order valence-corrected chi connectivity index (χ4v) is 1.78. The number of methoxy groups -OCH3 is 1. The van der Waals surface area contributed by atoms with Crippen molar-refractivity contribution < 1.29 is 9.15 Å². The molecule has 2 rings (SSSR count). The summed E-state index contributed by atoms with van der Waals surface area (Å²) in [5.74, 6) is 0.959. The second-order valence-corrected chi connectivity index (χ2v) is 3.33. The molecule has 0 saturated heterocycles. The number of hydrogen-bond donors (Lipinski definition) is 0. The van der Waals surface area contributed by atoms with Crippen LogP contribution in [0.2, 0.25) is 0 Å². The van der Waals surface area contributed by atoms with E-state index in [1.54, 1.807) is 13.4 Å². The first-order valence-corrected chi connectivity index (χ1v) is 4.90. The molecule has 0 fully saturated rings. The molecule has 0 aliphatic carbocycles. The summed E-state index contributed by atoms with van der Waals surface area (Å²) in [5.41, 5.74) is 2.19. The monoisotopic (exact) mass is 190 g/mol. The zero-order valence-electron chi connectivity index (χ0n) is 8.54. The van der Waals surface area contributed by atoms with Gasteiger partial charge in [-0.25, -0.2) is 0 Å². The third kappa shape index (κ3) is 1.37. The van der Waals surface area contributed by atoms with Crippen LogP contribution in [-0.2, 0) is 6.42 Å². The minimum absolute atomic E-state index is 0.939. The van der Waals surface area contributed by atoms with Gasteiger partial charge in [0.05, 0.1) is 13.4 Å². The summed E-state index contributed by atoms with van der Waals surface area (Å²) in [4.78, 5) is 0. The Labute approximate surface area is 83.5 Å². The van der Waals surface area contributed by atoms with Gasteiger partial charge in [0.2, 0.25) is 0 Å². The molecule has 2 nitrogen and oxygen atoms in total. The van der Waals surface area contributed by atoms with Crippen molar-refractivity contribution in [3.05, 3.63) is 30.0 Å². The van der Waals surface area contributed by atoms with Gasteiger partial charge < -0.3 is 9.15 Å². The lowest BCUT2D eigenvalue weighted by atomic mass is 10.0. The van der Waals surface area contributed by atoms with E-state index in [-0.39, 0.29) is 0 Å². The topological polar surface area (TPSA) is 22.4 Å². The quantitative estimate of drug-likeness (QED) is 0.740. The van der Waals surface area contributed by atoms with Crippen LogP contribution in [0.3, 0.4) is 0 Å². The van der Waals surface area contributed by atoms with Crippen LogP contribution >= 0.6 is 0 Å². The Morgan fingerprint density at radius 1 is 1.29 bits per heavy atom. The van der Waals surface area contributed by atoms with Gasteiger partial charge in [-0.05, 0) is 24.6 Å². The van der Waals surface area contributed by atoms with Gasteiger partial charge in [-0.2, -0.15) is 0 Å². The smallest absolute Gasteiger partial charge is 0.134 e. The van der Waals surface area contributed by atoms with E-state index >= 15 is 0 Å². The normalized spacial score (nSPS) is 10.7. The van der Waals surface area contributed by atoms with Crippen LogP contribution in [-0.4, -0.2) is 7.11 Å². The third-order valence-corrected chi connectivity index (χ3v) is 2.42. The SMILES string of the molecule is CCCc1c(OC)ccc2occc12. The molecule has 0 atom stereocenters. The summed E-state index contributed by atoms with van der Waals surface area (Å²) >= 11 is 0. The molecule has 0 radical (unpaired) electrons. The Hall–Kier alpha value is -1.44. The van der Waals surface area contributed by atoms with Crippen molar-refractivity contribution >= 4 is 11.0 Å². The van der Waals surface area contributed by atoms with Gasteiger partial charge in [0, 0.05) is 10.9 Å². The van der Waals surface area contributed by atoms with Crippen LogP contribution in [0.15, 0.2) is 28.9 Å². The molecular formula is C12H14O2. The molecule has 1 aromatic carbocycles. The van der Waals surface area contributed by atoms with Crippen LogP contribution in [0.5, 0.6) is 5.75 Å². The maximum absolute atomic E-state index is 5.35. The minimum Gasteiger partial charge on any atom is -0.496 e. The van der Waals surface area contributed by atoms with Crippen molar-refractivity contribution in [2.45, 2.75) is 19.8 Å². The summed E-state index contributed by atoms with van der Waals surface area (Å²) < 4.78 is 10.7. The highest BCUT2D eigenvalue weighted by molar-refractivity contribution is 5.83. The van der Waals surface area contributed by atoms with Crippen molar-refractivity contribution in [3.8, 4) is 5.75 Å². The van der Waals surface area contributed by atoms with Crippen LogP contribution in [0.1, 0.15) is 18.9 Å². The second-order valence-electron chi connectivity index (χ2n) is 3.33. The molecule has 14 heavy (non-hydrogen) atoms. The van der Waals surface area contributed by atoms with Gasteiger partial charge in [0.25, 0.3) is 0 Å². The molecule has 0 unspecified atom stereocenters. The van der Waals surface area contributed by atoms with Crippen LogP contribution in [0.25, 0.3) is 11.0 Å². The van der Waals surface area contributed by atoms with E-state index in [0.29, 0.717) is 0 Å². The van der Waals surface area contributed by atoms with Crippen molar-refractivity contribution in [3.63, 3.8) is 0 Å². The molecule has 1 heterocycles. The molecule has 74 valence electrons. The molecule has 0 aliphatic rings. The Morgan fingerprint density at radius 3 is 2.86 bits per heavy atom. The largest absolute Gasteiger partial charge is 0.496 e. The Balaban J connectivity index is 2.62. The summed E-state index contributed by atoms with van der Waals surface area (Å²) in [5, 5.41) is 1.17. The summed E-state index contributed by atoms with van der Waals surface area (Å²) in [6.07, 6.45) is 3.87. The maximum atomic E-state index is 5.35. The van der Waals surface area contributed by atoms with Crippen molar-refractivity contribution in [1.82, 2.24) is 0 Å². The highest BCUT2D eigenvalue weighted by Gasteiger charge is 2.08. The van der Waals surface area contributed by atoms with Gasteiger partial charge in [-0.3, -0.25) is 0 Å². The van der Waals surface area contributed by atoms with Gasteiger partial charge in [0.1, 0.15) is 11.3 Å². The predicted octanol–water partition coefficient (Wildman–Crippen LogP) is 3.39. The first-order valence-electron chi connectivity index (χ1n) is 4.90. The van der Waals surface area contributed by atoms with Crippen LogP contribution in [0, 0.1) is 0 Å². The lowest BCUT2D eigenvalue weighted by molar-refractivity contribution is 0.410. The summed E-state index contributed by atoms with van der Waals surface area (Å²) in [6.45, 7) is 2.17. The van der Waals surface area contributed by atoms with E-state index in [9.17, 15) is 0 Å². The lowest BCUT2D eigenvalue weighted by Crippen LogP contribution is -1.91. The molecule has 0 bridgehead atoms. The van der Waals surface area contributed by atoms with Crippen LogP contribution in [0.4, 0.5) is 0 Å². The maximum Gasteiger partial charge on any atom is 0.134 e. The number of fused-ring (bicyclic) bond motifs is 1. The minimum atomic E-state index is 0.939. The Kier molecular flexibility index (Phi) is 2.44. The number of benzene rings is 1. The van der Waals surface area contributed by atoms with Gasteiger partial charge in [-0.1, -0.05) is 13.3 Å². The molecule has 1 aromatic heterocycles. The average Bonchev–Trinajstić information content (AvgIpc) is 2.67. The van der Waals surface area contributed by atoms with Gasteiger partial charge in [-0.15, -0.1) is 0 Å². The van der Waals surface area contributed by atoms with E-state index < -0.39 is 0 Å². The van der Waals surface area contributed by atoms with E-state index in [1.165, 1.54) is 10.9 Å². The molecule has 2 heteroatoms. The molecule has 0 aliphatic heterocycles. The number of furan rings is 1. The highest BCUT2D eigenvalue weighted by Crippen LogP contribution is 2.29. The molecule has 0 amide bonds. The fraction of sp³-hybridized carbons (Fsp3) is 0.333. The van der Waals surface area contributed by atoms with E-state index in [2.05, 4.69) is 6.92 Å². The third-order valence-electron chi connectivity index (χ3n) is 2.42. The number of aryl methyl sites for hydroxylation is 1. The average molecular weight is 190 g/mol. The molecule has 2 aromatic rings. The molecular weight excluding hydrogens is 176 g/mol. The van der Waals surface area contributed by atoms with E-state index in [0.717, 1.165) is 24.2 Å². The highest BCUT2D eigenvalue weighted by atomic mass is 16.5. The predicted molar refractivity (Wildman–Crippen MR) is 56.8 cm³/mol. The van der Waals surface area contributed by atoms with Gasteiger partial charge in [0.15, 0.2) is 0 Å². The zero-order valence-corrected chi connectivity index (χ0v) is 8.54. The molecule has 0 saturated carbocycles. The van der Waals surface area contributed by atoms with E-state index in [1.807, 2.05) is 18.2 Å². The molecule has 0 spiro atoms. The second kappa shape index (κ2) is 3.74. The standard InChI is InChI=1S/C12H14O2/c1-3-4-9-10-7-8-14-12(10)6-5-11(9)13-2/h5-8H,3-4H2,1-2H3. The first-order chi connectivity index (χ1) is 6.86. The van der Waals surface area contributed by atoms with E-state index in [4.69, 9.17) is 9.15 Å². The lowest BCUT2D eigenvalue weighted by Gasteiger charge is -2.07. The number of rotatable bonds is 3. The van der Waals surface area contributed by atoms with Crippen molar-refractivity contribution in [1.29, 1.82) is 0 Å². The summed E-state index contributed by atoms with van der Waals surface area (Å²) in [6, 6.07) is 5.92. The van der Waals surface area contributed by atoms with Crippen LogP contribution < -0.4 is 4.74 Å². The zero-order chi connectivity index (χ0) is 9.97. The van der Waals surface area contributed by atoms with Crippen molar-refractivity contribution in [2.75, 3.05) is 7.11 Å². The number of ether oxygens (including phenoxy) is 1.